The summed E-state index contributed by atoms with van der Waals surface area (Å²) in [4.78, 5) is 0. The molecule has 96 valence electrons. The molecule has 0 radical (unpaired) electrons. The van der Waals surface area contributed by atoms with Gasteiger partial charge in [-0.15, -0.1) is 0 Å². The minimum atomic E-state index is -0.227. The minimum absolute atomic E-state index is 0.227. The van der Waals surface area contributed by atoms with Gasteiger partial charge in [-0.05, 0) is 56.9 Å². The summed E-state index contributed by atoms with van der Waals surface area (Å²) in [6.45, 7) is 8.19. The molecule has 0 heterocycles. The zero-order chi connectivity index (χ0) is 13.2. The zero-order valence-corrected chi connectivity index (χ0v) is 11.7. The number of aryl methyl sites for hydroxylation is 1. The molecule has 0 aromatic heterocycles. The van der Waals surface area contributed by atoms with Crippen LogP contribution in [0, 0.1) is 13.8 Å². The number of hydrogen-bond acceptors (Lipinski definition) is 3. The summed E-state index contributed by atoms with van der Waals surface area (Å²) in [5, 5.41) is 0. The molecule has 0 saturated heterocycles. The van der Waals surface area contributed by atoms with Gasteiger partial charge in [-0.25, -0.2) is 0 Å². The number of benzene rings is 1. The van der Waals surface area contributed by atoms with Crippen molar-refractivity contribution in [2.45, 2.75) is 39.7 Å². The lowest BCUT2D eigenvalue weighted by atomic mass is 9.89. The maximum atomic E-state index is 6.10. The second-order valence-corrected chi connectivity index (χ2v) is 5.20. The molecule has 2 N–H and O–H groups in total. The van der Waals surface area contributed by atoms with Crippen molar-refractivity contribution in [1.82, 2.24) is 0 Å². The number of methoxy groups -OCH3 is 2. The Hall–Kier alpha value is -1.22. The summed E-state index contributed by atoms with van der Waals surface area (Å²) in [5.74, 6) is 1.58. The first kappa shape index (κ1) is 13.8. The molecule has 0 aliphatic rings. The van der Waals surface area contributed by atoms with Gasteiger partial charge in [0.2, 0.25) is 0 Å². The van der Waals surface area contributed by atoms with Gasteiger partial charge in [-0.3, -0.25) is 0 Å². The third-order valence-electron chi connectivity index (χ3n) is 2.90. The van der Waals surface area contributed by atoms with Crippen molar-refractivity contribution in [2.75, 3.05) is 14.2 Å². The Kier molecular flexibility index (Phi) is 4.04. The molecule has 0 unspecified atom stereocenters. The summed E-state index contributed by atoms with van der Waals surface area (Å²) in [6.07, 6.45) is 0.824. The van der Waals surface area contributed by atoms with Gasteiger partial charge in [-0.1, -0.05) is 0 Å². The lowest BCUT2D eigenvalue weighted by molar-refractivity contribution is 0.351. The molecule has 0 amide bonds. The average molecular weight is 237 g/mol. The lowest BCUT2D eigenvalue weighted by Crippen LogP contribution is -2.35. The summed E-state index contributed by atoms with van der Waals surface area (Å²) in [6, 6.07) is 2.01. The molecule has 3 heteroatoms. The smallest absolute Gasteiger partial charge is 0.163 e. The van der Waals surface area contributed by atoms with Crippen molar-refractivity contribution in [2.24, 2.45) is 5.73 Å². The van der Waals surface area contributed by atoms with Gasteiger partial charge in [-0.2, -0.15) is 0 Å². The number of ether oxygens (including phenoxy) is 2. The van der Waals surface area contributed by atoms with Crippen LogP contribution in [0.3, 0.4) is 0 Å². The van der Waals surface area contributed by atoms with E-state index in [0.29, 0.717) is 0 Å². The van der Waals surface area contributed by atoms with E-state index in [2.05, 4.69) is 13.8 Å². The van der Waals surface area contributed by atoms with Crippen LogP contribution in [0.25, 0.3) is 0 Å². The Morgan fingerprint density at radius 2 is 1.76 bits per heavy atom. The fourth-order valence-corrected chi connectivity index (χ4v) is 2.10. The molecule has 0 aliphatic carbocycles. The van der Waals surface area contributed by atoms with Crippen molar-refractivity contribution in [3.05, 3.63) is 22.8 Å². The van der Waals surface area contributed by atoms with Crippen LogP contribution >= 0.6 is 0 Å². The van der Waals surface area contributed by atoms with Gasteiger partial charge < -0.3 is 15.2 Å². The monoisotopic (exact) mass is 237 g/mol. The highest BCUT2D eigenvalue weighted by Crippen LogP contribution is 2.36. The highest BCUT2D eigenvalue weighted by atomic mass is 16.5. The Labute approximate surface area is 104 Å². The van der Waals surface area contributed by atoms with E-state index in [-0.39, 0.29) is 5.54 Å². The maximum absolute atomic E-state index is 6.10. The third kappa shape index (κ3) is 3.13. The third-order valence-corrected chi connectivity index (χ3v) is 2.90. The number of nitrogens with two attached hydrogens (primary N) is 1. The molecular formula is C14H23NO2. The molecule has 0 bridgehead atoms. The summed E-state index contributed by atoms with van der Waals surface area (Å²) < 4.78 is 10.7. The highest BCUT2D eigenvalue weighted by Gasteiger charge is 2.19. The standard InChI is InChI=1S/C14H23NO2/c1-9-7-12(16-5)13(17-6)10(2)11(9)8-14(3,4)15/h7H,8,15H2,1-6H3. The molecule has 0 aliphatic heterocycles. The van der Waals surface area contributed by atoms with E-state index in [1.807, 2.05) is 19.9 Å². The van der Waals surface area contributed by atoms with E-state index >= 15 is 0 Å². The SMILES string of the molecule is COc1cc(C)c(CC(C)(C)N)c(C)c1OC. The van der Waals surface area contributed by atoms with Crippen LogP contribution in [0.4, 0.5) is 0 Å². The van der Waals surface area contributed by atoms with Crippen LogP contribution in [-0.2, 0) is 6.42 Å². The summed E-state index contributed by atoms with van der Waals surface area (Å²) in [5.41, 5.74) is 9.42. The predicted molar refractivity (Wildman–Crippen MR) is 71.0 cm³/mol. The predicted octanol–water partition coefficient (Wildman–Crippen LogP) is 2.60. The number of hydrogen-bond donors (Lipinski definition) is 1. The molecule has 1 rings (SSSR count). The molecule has 0 spiro atoms. The first-order valence-corrected chi connectivity index (χ1v) is 5.80. The Morgan fingerprint density at radius 3 is 2.18 bits per heavy atom. The van der Waals surface area contributed by atoms with Crippen molar-refractivity contribution in [3.63, 3.8) is 0 Å². The van der Waals surface area contributed by atoms with E-state index in [1.54, 1.807) is 14.2 Å². The van der Waals surface area contributed by atoms with E-state index < -0.39 is 0 Å². The molecule has 17 heavy (non-hydrogen) atoms. The van der Waals surface area contributed by atoms with Crippen molar-refractivity contribution in [1.29, 1.82) is 0 Å². The summed E-state index contributed by atoms with van der Waals surface area (Å²) in [7, 11) is 3.32. The van der Waals surface area contributed by atoms with Crippen LogP contribution in [0.2, 0.25) is 0 Å². The van der Waals surface area contributed by atoms with Gasteiger partial charge in [0.25, 0.3) is 0 Å². The number of rotatable bonds is 4. The molecule has 0 atom stereocenters. The molecule has 3 nitrogen and oxygen atoms in total. The molecular weight excluding hydrogens is 214 g/mol. The van der Waals surface area contributed by atoms with Crippen molar-refractivity contribution < 1.29 is 9.47 Å². The first-order valence-electron chi connectivity index (χ1n) is 5.80. The van der Waals surface area contributed by atoms with Gasteiger partial charge >= 0.3 is 0 Å². The van der Waals surface area contributed by atoms with E-state index in [1.165, 1.54) is 11.1 Å². The Morgan fingerprint density at radius 1 is 1.18 bits per heavy atom. The largest absolute Gasteiger partial charge is 0.493 e. The lowest BCUT2D eigenvalue weighted by Gasteiger charge is -2.23. The normalized spacial score (nSPS) is 11.5. The van der Waals surface area contributed by atoms with Gasteiger partial charge in [0.05, 0.1) is 14.2 Å². The molecule has 1 aromatic rings. The van der Waals surface area contributed by atoms with Crippen molar-refractivity contribution in [3.8, 4) is 11.5 Å². The van der Waals surface area contributed by atoms with Crippen LogP contribution in [-0.4, -0.2) is 19.8 Å². The fraction of sp³-hybridized carbons (Fsp3) is 0.571. The van der Waals surface area contributed by atoms with Crippen LogP contribution < -0.4 is 15.2 Å². The second-order valence-electron chi connectivity index (χ2n) is 5.20. The zero-order valence-electron chi connectivity index (χ0n) is 11.7. The highest BCUT2D eigenvalue weighted by molar-refractivity contribution is 5.54. The second kappa shape index (κ2) is 4.96. The quantitative estimate of drug-likeness (QED) is 0.875. The van der Waals surface area contributed by atoms with Crippen LogP contribution in [0.5, 0.6) is 11.5 Å². The minimum Gasteiger partial charge on any atom is -0.493 e. The average Bonchev–Trinajstić information content (AvgIpc) is 2.22. The van der Waals surface area contributed by atoms with Gasteiger partial charge in [0.1, 0.15) is 0 Å². The Bertz CT molecular complexity index is 406. The van der Waals surface area contributed by atoms with Crippen LogP contribution in [0.15, 0.2) is 6.07 Å². The van der Waals surface area contributed by atoms with E-state index in [9.17, 15) is 0 Å². The van der Waals surface area contributed by atoms with Crippen LogP contribution in [0.1, 0.15) is 30.5 Å². The van der Waals surface area contributed by atoms with Gasteiger partial charge in [0, 0.05) is 5.54 Å². The molecule has 1 aromatic carbocycles. The molecule has 0 saturated carbocycles. The summed E-state index contributed by atoms with van der Waals surface area (Å²) >= 11 is 0. The van der Waals surface area contributed by atoms with Gasteiger partial charge in [0.15, 0.2) is 11.5 Å². The van der Waals surface area contributed by atoms with E-state index in [4.69, 9.17) is 15.2 Å². The van der Waals surface area contributed by atoms with E-state index in [0.717, 1.165) is 23.5 Å². The fourth-order valence-electron chi connectivity index (χ4n) is 2.10. The Balaban J connectivity index is 3.32. The maximum Gasteiger partial charge on any atom is 0.163 e. The first-order chi connectivity index (χ1) is 7.80. The topological polar surface area (TPSA) is 44.5 Å². The molecule has 0 fully saturated rings. The van der Waals surface area contributed by atoms with Crippen molar-refractivity contribution >= 4 is 0 Å².